The fourth-order valence-electron chi connectivity index (χ4n) is 1.56. The minimum Gasteiger partial charge on any atom is -0.338 e. The van der Waals surface area contributed by atoms with Gasteiger partial charge in [0.05, 0.1) is 5.56 Å². The van der Waals surface area contributed by atoms with Crippen LogP contribution in [0, 0.1) is 0 Å². The van der Waals surface area contributed by atoms with Crippen molar-refractivity contribution in [1.29, 1.82) is 0 Å². The van der Waals surface area contributed by atoms with E-state index in [0.29, 0.717) is 0 Å². The molecule has 0 N–H and O–H groups in total. The maximum Gasteiger partial charge on any atom is 0.416 e. The topological polar surface area (TPSA) is 20.3 Å². The number of benzene rings is 1. The van der Waals surface area contributed by atoms with Gasteiger partial charge in [-0.2, -0.15) is 24.9 Å². The molecule has 1 rings (SSSR count). The first-order valence-electron chi connectivity index (χ1n) is 5.70. The van der Waals surface area contributed by atoms with Crippen LogP contribution in [0.1, 0.15) is 22.8 Å². The van der Waals surface area contributed by atoms with Crippen LogP contribution in [0.5, 0.6) is 0 Å². The summed E-state index contributed by atoms with van der Waals surface area (Å²) < 4.78 is 37.2. The third kappa shape index (κ3) is 4.16. The fraction of sp³-hybridized carbons (Fsp3) is 0.462. The van der Waals surface area contributed by atoms with Crippen molar-refractivity contribution < 1.29 is 18.0 Å². The van der Waals surface area contributed by atoms with E-state index >= 15 is 0 Å². The predicted octanol–water partition coefficient (Wildman–Crippen LogP) is 3.53. The highest BCUT2D eigenvalue weighted by Crippen LogP contribution is 2.29. The third-order valence-electron chi connectivity index (χ3n) is 2.85. The van der Waals surface area contributed by atoms with Crippen molar-refractivity contribution in [3.05, 3.63) is 35.4 Å². The fourth-order valence-corrected chi connectivity index (χ4v) is 2.26. The van der Waals surface area contributed by atoms with E-state index in [9.17, 15) is 18.0 Å². The summed E-state index contributed by atoms with van der Waals surface area (Å²) in [5, 5.41) is 0. The number of hydrogen-bond donors (Lipinski definition) is 0. The van der Waals surface area contributed by atoms with Crippen molar-refractivity contribution in [1.82, 2.24) is 4.90 Å². The molecule has 0 saturated carbocycles. The minimum atomic E-state index is -4.38. The Kier molecular flexibility index (Phi) is 5.29. The van der Waals surface area contributed by atoms with Crippen molar-refractivity contribution in [2.45, 2.75) is 19.1 Å². The quantitative estimate of drug-likeness (QED) is 0.846. The summed E-state index contributed by atoms with van der Waals surface area (Å²) >= 11 is 1.61. The van der Waals surface area contributed by atoms with Crippen LogP contribution >= 0.6 is 11.8 Å². The highest BCUT2D eigenvalue weighted by atomic mass is 32.2. The summed E-state index contributed by atoms with van der Waals surface area (Å²) in [6.45, 7) is 1.90. The Morgan fingerprint density at radius 2 is 1.84 bits per heavy atom. The molecule has 1 amide bonds. The van der Waals surface area contributed by atoms with E-state index in [1.165, 1.54) is 12.1 Å². The Labute approximate surface area is 115 Å². The number of hydrogen-bond acceptors (Lipinski definition) is 2. The molecule has 1 aromatic carbocycles. The van der Waals surface area contributed by atoms with Crippen LogP contribution in [0.15, 0.2) is 24.3 Å². The molecule has 0 spiro atoms. The Morgan fingerprint density at radius 3 is 2.26 bits per heavy atom. The summed E-state index contributed by atoms with van der Waals surface area (Å²) in [6, 6.07) is 4.33. The van der Waals surface area contributed by atoms with Crippen LogP contribution < -0.4 is 0 Å². The summed E-state index contributed by atoms with van der Waals surface area (Å²) in [7, 11) is 1.65. The van der Waals surface area contributed by atoms with Gasteiger partial charge in [-0.05, 0) is 37.4 Å². The molecule has 0 heterocycles. The second kappa shape index (κ2) is 6.32. The molecule has 0 saturated heterocycles. The number of amides is 1. The largest absolute Gasteiger partial charge is 0.416 e. The smallest absolute Gasteiger partial charge is 0.338 e. The van der Waals surface area contributed by atoms with Gasteiger partial charge >= 0.3 is 6.18 Å². The molecular formula is C13H16F3NOS. The van der Waals surface area contributed by atoms with Gasteiger partial charge in [0.2, 0.25) is 0 Å². The van der Waals surface area contributed by atoms with Gasteiger partial charge in [-0.3, -0.25) is 4.79 Å². The summed E-state index contributed by atoms with van der Waals surface area (Å²) in [6.07, 6.45) is -2.44. The Bertz CT molecular complexity index is 431. The van der Waals surface area contributed by atoms with Crippen molar-refractivity contribution in [2.75, 3.05) is 19.1 Å². The second-order valence-electron chi connectivity index (χ2n) is 4.30. The average Bonchev–Trinajstić information content (AvgIpc) is 2.36. The first-order valence-corrected chi connectivity index (χ1v) is 7.10. The molecule has 2 nitrogen and oxygen atoms in total. The van der Waals surface area contributed by atoms with Gasteiger partial charge in [0, 0.05) is 24.4 Å². The third-order valence-corrected chi connectivity index (χ3v) is 3.66. The zero-order valence-electron chi connectivity index (χ0n) is 11.0. The van der Waals surface area contributed by atoms with Crippen molar-refractivity contribution in [3.63, 3.8) is 0 Å². The molecule has 1 atom stereocenters. The van der Waals surface area contributed by atoms with Crippen LogP contribution in [-0.2, 0) is 6.18 Å². The van der Waals surface area contributed by atoms with Gasteiger partial charge in [0.25, 0.3) is 5.91 Å². The summed E-state index contributed by atoms with van der Waals surface area (Å²) in [4.78, 5) is 13.6. The van der Waals surface area contributed by atoms with Gasteiger partial charge in [-0.1, -0.05) is 0 Å². The Hall–Kier alpha value is -1.17. The van der Waals surface area contributed by atoms with E-state index in [4.69, 9.17) is 0 Å². The highest BCUT2D eigenvalue weighted by molar-refractivity contribution is 7.98. The monoisotopic (exact) mass is 291 g/mol. The number of rotatable bonds is 4. The number of nitrogens with zero attached hydrogens (tertiary/aromatic N) is 1. The Balaban J connectivity index is 2.84. The molecule has 0 aromatic heterocycles. The normalized spacial score (nSPS) is 13.2. The molecule has 0 radical (unpaired) electrons. The van der Waals surface area contributed by atoms with Crippen molar-refractivity contribution >= 4 is 17.7 Å². The van der Waals surface area contributed by atoms with Crippen LogP contribution in [0.4, 0.5) is 13.2 Å². The minimum absolute atomic E-state index is 0.0322. The van der Waals surface area contributed by atoms with E-state index in [-0.39, 0.29) is 17.5 Å². The van der Waals surface area contributed by atoms with Gasteiger partial charge in [0.15, 0.2) is 0 Å². The van der Waals surface area contributed by atoms with E-state index in [2.05, 4.69) is 0 Å². The standard InChI is InChI=1S/C13H16F3NOS/c1-9(8-19-3)17(2)12(18)10-4-6-11(7-5-10)13(14,15)16/h4-7,9H,8H2,1-3H3/t9-/m1/s1. The SMILES string of the molecule is CSC[C@@H](C)N(C)C(=O)c1ccc(C(F)(F)F)cc1. The maximum atomic E-state index is 12.4. The molecule has 106 valence electrons. The zero-order valence-corrected chi connectivity index (χ0v) is 11.8. The van der Waals surface area contributed by atoms with Crippen LogP contribution in [0.2, 0.25) is 0 Å². The molecular weight excluding hydrogens is 275 g/mol. The maximum absolute atomic E-state index is 12.4. The second-order valence-corrected chi connectivity index (χ2v) is 5.21. The van der Waals surface area contributed by atoms with Crippen molar-refractivity contribution in [2.24, 2.45) is 0 Å². The number of alkyl halides is 3. The molecule has 0 aliphatic rings. The average molecular weight is 291 g/mol. The van der Waals surface area contributed by atoms with Crippen LogP contribution in [0.3, 0.4) is 0 Å². The lowest BCUT2D eigenvalue weighted by molar-refractivity contribution is -0.137. The number of thioether (sulfide) groups is 1. The van der Waals surface area contributed by atoms with Gasteiger partial charge in [-0.25, -0.2) is 0 Å². The molecule has 0 unspecified atom stereocenters. The van der Waals surface area contributed by atoms with Gasteiger partial charge < -0.3 is 4.90 Å². The van der Waals surface area contributed by atoms with Gasteiger partial charge in [0.1, 0.15) is 0 Å². The Morgan fingerprint density at radius 1 is 1.32 bits per heavy atom. The summed E-state index contributed by atoms with van der Waals surface area (Å²) in [5.74, 6) is 0.512. The zero-order chi connectivity index (χ0) is 14.6. The van der Waals surface area contributed by atoms with Crippen LogP contribution in [0.25, 0.3) is 0 Å². The van der Waals surface area contributed by atoms with E-state index in [1.807, 2.05) is 13.2 Å². The summed E-state index contributed by atoms with van der Waals surface area (Å²) in [5.41, 5.74) is -0.479. The molecule has 0 bridgehead atoms. The lowest BCUT2D eigenvalue weighted by atomic mass is 10.1. The van der Waals surface area contributed by atoms with E-state index in [0.717, 1.165) is 17.9 Å². The first-order chi connectivity index (χ1) is 8.77. The molecule has 1 aromatic rings. The first kappa shape index (κ1) is 15.9. The van der Waals surface area contributed by atoms with E-state index in [1.54, 1.807) is 23.7 Å². The highest BCUT2D eigenvalue weighted by Gasteiger charge is 2.30. The number of carbonyl (C=O) groups is 1. The van der Waals surface area contributed by atoms with Crippen LogP contribution in [-0.4, -0.2) is 35.9 Å². The van der Waals surface area contributed by atoms with Gasteiger partial charge in [-0.15, -0.1) is 0 Å². The lowest BCUT2D eigenvalue weighted by Gasteiger charge is -2.24. The van der Waals surface area contributed by atoms with Crippen molar-refractivity contribution in [3.8, 4) is 0 Å². The predicted molar refractivity (Wildman–Crippen MR) is 71.4 cm³/mol. The molecule has 0 aliphatic heterocycles. The van der Waals surface area contributed by atoms with E-state index < -0.39 is 11.7 Å². The molecule has 19 heavy (non-hydrogen) atoms. The molecule has 6 heteroatoms. The number of carbonyl (C=O) groups excluding carboxylic acids is 1. The number of halogens is 3. The molecule has 0 fully saturated rings. The molecule has 0 aliphatic carbocycles. The lowest BCUT2D eigenvalue weighted by Crippen LogP contribution is -2.36.